The lowest BCUT2D eigenvalue weighted by atomic mass is 9.75. The molecule has 1 N–H and O–H groups in total. The number of halogens is 2. The molecule has 1 spiro atoms. The lowest BCUT2D eigenvalue weighted by Gasteiger charge is -2.55. The lowest BCUT2D eigenvalue weighted by Crippen LogP contribution is -2.69. The molecule has 0 unspecified atom stereocenters. The van der Waals surface area contributed by atoms with Crippen molar-refractivity contribution in [1.82, 2.24) is 15.1 Å². The normalized spacial score (nSPS) is 32.3. The van der Waals surface area contributed by atoms with Crippen LogP contribution in [-0.4, -0.2) is 74.4 Å². The zero-order valence-electron chi connectivity index (χ0n) is 15.4. The molecule has 3 heterocycles. The van der Waals surface area contributed by atoms with E-state index in [9.17, 15) is 13.6 Å². The molecular formula is C19H31F2N3O. The first-order valence-corrected chi connectivity index (χ1v) is 9.17. The second-order valence-electron chi connectivity index (χ2n) is 8.02. The largest absolute Gasteiger partial charge is 0.315 e. The molecule has 0 bridgehead atoms. The number of alkyl halides is 2. The van der Waals surface area contributed by atoms with E-state index >= 15 is 0 Å². The van der Waals surface area contributed by atoms with Crippen LogP contribution in [-0.2, 0) is 4.79 Å². The molecule has 25 heavy (non-hydrogen) atoms. The number of carbonyl (C=O) groups excluding carboxylic acids is 1. The van der Waals surface area contributed by atoms with Gasteiger partial charge in [-0.1, -0.05) is 0 Å². The minimum absolute atomic E-state index is 0.0212. The van der Waals surface area contributed by atoms with Gasteiger partial charge in [0.15, 0.2) is 0 Å². The summed E-state index contributed by atoms with van der Waals surface area (Å²) in [6, 6.07) is 0.233. The molecular weight excluding hydrogens is 324 g/mol. The summed E-state index contributed by atoms with van der Waals surface area (Å²) >= 11 is 0. The molecule has 0 radical (unpaired) electrons. The van der Waals surface area contributed by atoms with Crippen LogP contribution in [0.15, 0.2) is 0 Å². The average Bonchev–Trinajstić information content (AvgIpc) is 2.41. The topological polar surface area (TPSA) is 35.6 Å². The Morgan fingerprint density at radius 2 is 1.84 bits per heavy atom. The van der Waals surface area contributed by atoms with Crippen molar-refractivity contribution in [3.63, 3.8) is 0 Å². The second kappa shape index (κ2) is 8.57. The fourth-order valence-electron chi connectivity index (χ4n) is 4.15. The summed E-state index contributed by atoms with van der Waals surface area (Å²) < 4.78 is 26.1. The summed E-state index contributed by atoms with van der Waals surface area (Å²) in [5.41, 5.74) is 0.731. The monoisotopic (exact) mass is 355 g/mol. The summed E-state index contributed by atoms with van der Waals surface area (Å²) in [4.78, 5) is 14.6. The Kier molecular flexibility index (Phi) is 6.95. The van der Waals surface area contributed by atoms with Gasteiger partial charge in [0, 0.05) is 50.0 Å². The first-order valence-electron chi connectivity index (χ1n) is 9.17. The van der Waals surface area contributed by atoms with Gasteiger partial charge in [-0.05, 0) is 39.8 Å². The Labute approximate surface area is 150 Å². The third-order valence-corrected chi connectivity index (χ3v) is 5.49. The number of terminal acetylenes is 1. The Bertz CT molecular complexity index is 474. The molecule has 6 heteroatoms. The number of carbonyl (C=O) groups is 1. The highest BCUT2D eigenvalue weighted by Gasteiger charge is 2.45. The van der Waals surface area contributed by atoms with Gasteiger partial charge >= 0.3 is 0 Å². The van der Waals surface area contributed by atoms with Crippen LogP contribution in [0.5, 0.6) is 0 Å². The van der Waals surface area contributed by atoms with Crippen molar-refractivity contribution >= 4 is 6.29 Å². The SMILES string of the molecule is C#CC.CN1CC2(CNC2)C1.O=CC1CC(N2CCCC(F)(F)C2)C1. The Balaban J connectivity index is 0.000000172. The highest BCUT2D eigenvalue weighted by molar-refractivity contribution is 5.55. The molecule has 0 amide bonds. The van der Waals surface area contributed by atoms with Crippen LogP contribution in [0.4, 0.5) is 8.78 Å². The lowest BCUT2D eigenvalue weighted by molar-refractivity contribution is -0.119. The van der Waals surface area contributed by atoms with E-state index in [2.05, 4.69) is 29.6 Å². The zero-order valence-corrected chi connectivity index (χ0v) is 15.4. The van der Waals surface area contributed by atoms with E-state index in [1.54, 1.807) is 6.92 Å². The quantitative estimate of drug-likeness (QED) is 0.606. The van der Waals surface area contributed by atoms with Crippen LogP contribution in [0.25, 0.3) is 0 Å². The first kappa shape index (κ1) is 20.3. The van der Waals surface area contributed by atoms with Gasteiger partial charge in [-0.3, -0.25) is 4.90 Å². The number of likely N-dealkylation sites (tertiary alicyclic amines) is 2. The molecule has 4 nitrogen and oxygen atoms in total. The third kappa shape index (κ3) is 5.47. The molecule has 0 aromatic carbocycles. The number of hydrogen-bond acceptors (Lipinski definition) is 4. The van der Waals surface area contributed by atoms with Crippen LogP contribution in [0.1, 0.15) is 32.6 Å². The van der Waals surface area contributed by atoms with Crippen molar-refractivity contribution in [2.24, 2.45) is 11.3 Å². The summed E-state index contributed by atoms with van der Waals surface area (Å²) in [5, 5.41) is 3.30. The van der Waals surface area contributed by atoms with Gasteiger partial charge in [-0.25, -0.2) is 8.78 Å². The van der Waals surface area contributed by atoms with Crippen LogP contribution < -0.4 is 5.32 Å². The number of nitrogens with one attached hydrogen (secondary N) is 1. The number of rotatable bonds is 2. The summed E-state index contributed by atoms with van der Waals surface area (Å²) in [6.07, 6.45) is 7.69. The number of nitrogens with zero attached hydrogens (tertiary/aromatic N) is 2. The summed E-state index contributed by atoms with van der Waals surface area (Å²) in [7, 11) is 2.18. The molecule has 0 atom stereocenters. The molecule has 142 valence electrons. The van der Waals surface area contributed by atoms with Crippen molar-refractivity contribution in [3.8, 4) is 12.3 Å². The van der Waals surface area contributed by atoms with Crippen LogP contribution >= 0.6 is 0 Å². The molecule has 0 aromatic heterocycles. The fourth-order valence-corrected chi connectivity index (χ4v) is 4.15. The number of aldehydes is 1. The van der Waals surface area contributed by atoms with Crippen LogP contribution in [0, 0.1) is 23.7 Å². The molecule has 1 saturated carbocycles. The number of hydrogen-bond donors (Lipinski definition) is 1. The number of piperidine rings is 1. The van der Waals surface area contributed by atoms with Crippen molar-refractivity contribution in [1.29, 1.82) is 0 Å². The summed E-state index contributed by atoms with van der Waals surface area (Å²) in [6.45, 7) is 7.48. The van der Waals surface area contributed by atoms with Gasteiger partial charge in [0.1, 0.15) is 6.29 Å². The average molecular weight is 355 g/mol. The van der Waals surface area contributed by atoms with E-state index in [0.29, 0.717) is 6.42 Å². The Morgan fingerprint density at radius 3 is 2.20 bits per heavy atom. The Morgan fingerprint density at radius 1 is 1.24 bits per heavy atom. The molecule has 4 rings (SSSR count). The Hall–Kier alpha value is -1.03. The van der Waals surface area contributed by atoms with E-state index in [4.69, 9.17) is 0 Å². The van der Waals surface area contributed by atoms with Gasteiger partial charge < -0.3 is 15.0 Å². The minimum atomic E-state index is -2.51. The third-order valence-electron chi connectivity index (χ3n) is 5.49. The molecule has 1 aliphatic carbocycles. The predicted octanol–water partition coefficient (Wildman–Crippen LogP) is 1.86. The van der Waals surface area contributed by atoms with E-state index in [0.717, 1.165) is 31.1 Å². The molecule has 4 aliphatic rings. The van der Waals surface area contributed by atoms with E-state index in [1.807, 2.05) is 4.90 Å². The van der Waals surface area contributed by atoms with E-state index < -0.39 is 5.92 Å². The highest BCUT2D eigenvalue weighted by atomic mass is 19.3. The van der Waals surface area contributed by atoms with Crippen molar-refractivity contribution in [3.05, 3.63) is 0 Å². The minimum Gasteiger partial charge on any atom is -0.315 e. The molecule has 3 aliphatic heterocycles. The van der Waals surface area contributed by atoms with Gasteiger partial charge in [-0.2, -0.15) is 0 Å². The predicted molar refractivity (Wildman–Crippen MR) is 95.6 cm³/mol. The van der Waals surface area contributed by atoms with Crippen LogP contribution in [0.2, 0.25) is 0 Å². The standard InChI is InChI=1S/C10H15F2NO.C6H12N2.C3H4/c11-10(12)2-1-3-13(7-10)9-4-8(5-9)6-14;1-8-4-6(5-8)2-7-3-6;1-3-2/h6,8-9H,1-5,7H2;7H,2-5H2,1H3;1H,2H3. The molecule has 4 fully saturated rings. The van der Waals surface area contributed by atoms with Gasteiger partial charge in [0.25, 0.3) is 5.92 Å². The molecule has 3 saturated heterocycles. The smallest absolute Gasteiger partial charge is 0.260 e. The highest BCUT2D eigenvalue weighted by Crippen LogP contribution is 2.35. The molecule has 0 aromatic rings. The van der Waals surface area contributed by atoms with Gasteiger partial charge in [-0.15, -0.1) is 12.3 Å². The maximum atomic E-state index is 13.0. The van der Waals surface area contributed by atoms with Gasteiger partial charge in [0.2, 0.25) is 0 Å². The maximum absolute atomic E-state index is 13.0. The van der Waals surface area contributed by atoms with Crippen LogP contribution in [0.3, 0.4) is 0 Å². The van der Waals surface area contributed by atoms with Gasteiger partial charge in [0.05, 0.1) is 6.54 Å². The first-order chi connectivity index (χ1) is 11.8. The van der Waals surface area contributed by atoms with Crippen molar-refractivity contribution in [2.45, 2.75) is 44.6 Å². The van der Waals surface area contributed by atoms with E-state index in [-0.39, 0.29) is 24.9 Å². The maximum Gasteiger partial charge on any atom is 0.260 e. The zero-order chi connectivity index (χ0) is 18.5. The van der Waals surface area contributed by atoms with Crippen molar-refractivity contribution < 1.29 is 13.6 Å². The summed E-state index contributed by atoms with van der Waals surface area (Å²) in [5.74, 6) is -0.139. The van der Waals surface area contributed by atoms with Crippen molar-refractivity contribution in [2.75, 3.05) is 46.3 Å². The second-order valence-corrected chi connectivity index (χ2v) is 8.02. The van der Waals surface area contributed by atoms with E-state index in [1.165, 1.54) is 26.2 Å². The fraction of sp³-hybridized carbons (Fsp3) is 0.842.